The Hall–Kier alpha value is -3.41. The summed E-state index contributed by atoms with van der Waals surface area (Å²) in [6, 6.07) is 15.9. The van der Waals surface area contributed by atoms with Crippen LogP contribution in [0, 0.1) is 20.8 Å². The number of hydrogen-bond donors (Lipinski definition) is 1. The van der Waals surface area contributed by atoms with Crippen LogP contribution in [0.1, 0.15) is 22.5 Å². The maximum Gasteiger partial charge on any atom is 0.291 e. The Bertz CT molecular complexity index is 1270. The number of rotatable bonds is 4. The summed E-state index contributed by atoms with van der Waals surface area (Å²) in [6.07, 6.45) is 0. The van der Waals surface area contributed by atoms with Gasteiger partial charge in [-0.3, -0.25) is 14.0 Å². The van der Waals surface area contributed by atoms with Gasteiger partial charge in [0.15, 0.2) is 0 Å². The third-order valence-electron chi connectivity index (χ3n) is 4.87. The summed E-state index contributed by atoms with van der Waals surface area (Å²) in [5.74, 6) is 0.423. The lowest BCUT2D eigenvalue weighted by Gasteiger charge is -2.10. The first kappa shape index (κ1) is 18.0. The highest BCUT2D eigenvalue weighted by Crippen LogP contribution is 2.20. The first-order chi connectivity index (χ1) is 13.4. The standard InChI is InChI=1S/C22H22N4O2/c1-14-5-4-6-17(9-14)12-23-21(27)13-25-22(28)20-11-18-10-15(2)7-8-19(18)26(20)16(3)24-25/h4-11H,12-13H2,1-3H3,(H,23,27). The molecule has 0 atom stereocenters. The second-order valence-electron chi connectivity index (χ2n) is 7.20. The second kappa shape index (κ2) is 6.96. The van der Waals surface area contributed by atoms with E-state index in [0.717, 1.165) is 27.6 Å². The molecule has 0 unspecified atom stereocenters. The molecular weight excluding hydrogens is 352 g/mol. The number of aromatic nitrogens is 3. The Labute approximate surface area is 162 Å². The molecule has 0 fully saturated rings. The van der Waals surface area contributed by atoms with E-state index >= 15 is 0 Å². The lowest BCUT2D eigenvalue weighted by atomic mass is 10.1. The fourth-order valence-electron chi connectivity index (χ4n) is 3.56. The molecule has 0 radical (unpaired) electrons. The van der Waals surface area contributed by atoms with Crippen molar-refractivity contribution in [2.75, 3.05) is 0 Å². The van der Waals surface area contributed by atoms with Gasteiger partial charge in [0.25, 0.3) is 5.56 Å². The summed E-state index contributed by atoms with van der Waals surface area (Å²) in [5, 5.41) is 8.21. The van der Waals surface area contributed by atoms with E-state index in [-0.39, 0.29) is 18.0 Å². The monoisotopic (exact) mass is 374 g/mol. The summed E-state index contributed by atoms with van der Waals surface area (Å²) in [7, 11) is 0. The molecule has 0 saturated carbocycles. The van der Waals surface area contributed by atoms with E-state index in [1.807, 2.05) is 73.7 Å². The van der Waals surface area contributed by atoms with Crippen LogP contribution in [0.2, 0.25) is 0 Å². The number of fused-ring (bicyclic) bond motifs is 3. The quantitative estimate of drug-likeness (QED) is 0.597. The van der Waals surface area contributed by atoms with Gasteiger partial charge in [0.1, 0.15) is 17.9 Å². The van der Waals surface area contributed by atoms with Crippen molar-refractivity contribution in [1.29, 1.82) is 0 Å². The van der Waals surface area contributed by atoms with Crippen molar-refractivity contribution in [1.82, 2.24) is 19.5 Å². The fourth-order valence-corrected chi connectivity index (χ4v) is 3.56. The predicted octanol–water partition coefficient (Wildman–Crippen LogP) is 2.89. The highest BCUT2D eigenvalue weighted by molar-refractivity contribution is 5.87. The first-order valence-corrected chi connectivity index (χ1v) is 9.24. The molecule has 142 valence electrons. The van der Waals surface area contributed by atoms with Gasteiger partial charge >= 0.3 is 0 Å². The van der Waals surface area contributed by atoms with Crippen molar-refractivity contribution >= 4 is 22.3 Å². The van der Waals surface area contributed by atoms with Crippen LogP contribution in [-0.4, -0.2) is 20.1 Å². The number of amides is 1. The molecule has 4 rings (SSSR count). The minimum atomic E-state index is -0.273. The number of carbonyl (C=O) groups is 1. The molecule has 1 amide bonds. The van der Waals surface area contributed by atoms with Crippen molar-refractivity contribution in [3.05, 3.63) is 81.4 Å². The Balaban J connectivity index is 1.62. The molecule has 0 aliphatic heterocycles. The lowest BCUT2D eigenvalue weighted by molar-refractivity contribution is -0.122. The van der Waals surface area contributed by atoms with Crippen LogP contribution >= 0.6 is 0 Å². The maximum atomic E-state index is 12.9. The zero-order valence-corrected chi connectivity index (χ0v) is 16.2. The van der Waals surface area contributed by atoms with Gasteiger partial charge in [0.2, 0.25) is 5.91 Å². The lowest BCUT2D eigenvalue weighted by Crippen LogP contribution is -2.34. The molecule has 6 heteroatoms. The molecule has 0 saturated heterocycles. The van der Waals surface area contributed by atoms with Crippen LogP contribution in [-0.2, 0) is 17.9 Å². The van der Waals surface area contributed by atoms with Gasteiger partial charge in [-0.25, -0.2) is 4.68 Å². The molecule has 6 nitrogen and oxygen atoms in total. The van der Waals surface area contributed by atoms with E-state index in [9.17, 15) is 9.59 Å². The highest BCUT2D eigenvalue weighted by atomic mass is 16.2. The van der Waals surface area contributed by atoms with E-state index in [4.69, 9.17) is 0 Å². The maximum absolute atomic E-state index is 12.9. The van der Waals surface area contributed by atoms with E-state index in [0.29, 0.717) is 17.9 Å². The van der Waals surface area contributed by atoms with Gasteiger partial charge in [0, 0.05) is 11.9 Å². The Morgan fingerprint density at radius 1 is 1.00 bits per heavy atom. The summed E-state index contributed by atoms with van der Waals surface area (Å²) in [5.41, 5.74) is 4.49. The van der Waals surface area contributed by atoms with Crippen molar-refractivity contribution in [3.8, 4) is 0 Å². The zero-order chi connectivity index (χ0) is 19.8. The van der Waals surface area contributed by atoms with Gasteiger partial charge < -0.3 is 5.32 Å². The number of benzene rings is 2. The number of carbonyl (C=O) groups excluding carboxylic acids is 1. The molecule has 2 heterocycles. The molecular formula is C22H22N4O2. The van der Waals surface area contributed by atoms with Crippen LogP contribution in [0.5, 0.6) is 0 Å². The molecule has 4 aromatic rings. The van der Waals surface area contributed by atoms with Crippen molar-refractivity contribution in [3.63, 3.8) is 0 Å². The van der Waals surface area contributed by atoms with Crippen LogP contribution in [0.25, 0.3) is 16.4 Å². The SMILES string of the molecule is Cc1cccc(CNC(=O)Cn2nc(C)n3c(cc4cc(C)ccc43)c2=O)c1. The van der Waals surface area contributed by atoms with Crippen LogP contribution in [0.15, 0.2) is 53.3 Å². The highest BCUT2D eigenvalue weighted by Gasteiger charge is 2.14. The van der Waals surface area contributed by atoms with E-state index < -0.39 is 0 Å². The molecule has 0 aliphatic carbocycles. The molecule has 28 heavy (non-hydrogen) atoms. The number of nitrogens with one attached hydrogen (secondary N) is 1. The summed E-state index contributed by atoms with van der Waals surface area (Å²) >= 11 is 0. The Morgan fingerprint density at radius 3 is 2.57 bits per heavy atom. The van der Waals surface area contributed by atoms with Gasteiger partial charge in [-0.1, -0.05) is 41.5 Å². The average molecular weight is 374 g/mol. The molecule has 2 aromatic heterocycles. The Morgan fingerprint density at radius 2 is 1.79 bits per heavy atom. The normalized spacial score (nSPS) is 11.2. The van der Waals surface area contributed by atoms with Gasteiger partial charge in [-0.15, -0.1) is 0 Å². The van der Waals surface area contributed by atoms with Crippen LogP contribution in [0.4, 0.5) is 0 Å². The second-order valence-corrected chi connectivity index (χ2v) is 7.20. The smallest absolute Gasteiger partial charge is 0.291 e. The average Bonchev–Trinajstić information content (AvgIpc) is 3.03. The summed E-state index contributed by atoms with van der Waals surface area (Å²) < 4.78 is 3.08. The van der Waals surface area contributed by atoms with E-state index in [1.165, 1.54) is 4.68 Å². The fraction of sp³-hybridized carbons (Fsp3) is 0.227. The minimum absolute atomic E-state index is 0.109. The van der Waals surface area contributed by atoms with Gasteiger partial charge in [-0.2, -0.15) is 5.10 Å². The predicted molar refractivity (Wildman–Crippen MR) is 109 cm³/mol. The first-order valence-electron chi connectivity index (χ1n) is 9.24. The number of aryl methyl sites for hydroxylation is 3. The van der Waals surface area contributed by atoms with E-state index in [2.05, 4.69) is 10.4 Å². The Kier molecular flexibility index (Phi) is 4.47. The van der Waals surface area contributed by atoms with Crippen LogP contribution in [0.3, 0.4) is 0 Å². The molecule has 0 spiro atoms. The molecule has 2 aromatic carbocycles. The molecule has 0 bridgehead atoms. The van der Waals surface area contributed by atoms with Crippen molar-refractivity contribution in [2.45, 2.75) is 33.9 Å². The van der Waals surface area contributed by atoms with Gasteiger partial charge in [-0.05, 0) is 44.5 Å². The van der Waals surface area contributed by atoms with E-state index in [1.54, 1.807) is 0 Å². The van der Waals surface area contributed by atoms with Gasteiger partial charge in [0.05, 0.1) is 5.52 Å². The van der Waals surface area contributed by atoms with Crippen molar-refractivity contribution in [2.24, 2.45) is 0 Å². The topological polar surface area (TPSA) is 68.4 Å². The minimum Gasteiger partial charge on any atom is -0.350 e. The number of nitrogens with zero attached hydrogens (tertiary/aromatic N) is 3. The third-order valence-corrected chi connectivity index (χ3v) is 4.87. The summed E-state index contributed by atoms with van der Waals surface area (Å²) in [6.45, 7) is 6.18. The molecule has 1 N–H and O–H groups in total. The third kappa shape index (κ3) is 3.29. The molecule has 0 aliphatic rings. The zero-order valence-electron chi connectivity index (χ0n) is 16.2. The largest absolute Gasteiger partial charge is 0.350 e. The summed E-state index contributed by atoms with van der Waals surface area (Å²) in [4.78, 5) is 25.3. The van der Waals surface area contributed by atoms with Crippen molar-refractivity contribution < 1.29 is 4.79 Å². The number of hydrogen-bond acceptors (Lipinski definition) is 3. The van der Waals surface area contributed by atoms with Crippen LogP contribution < -0.4 is 10.9 Å².